The smallest absolute Gasteiger partial charge is 0.308 e. The molecule has 1 amide bonds. The van der Waals surface area contributed by atoms with Crippen LogP contribution in [-0.4, -0.2) is 31.5 Å². The van der Waals surface area contributed by atoms with Crippen LogP contribution in [0.4, 0.5) is 8.78 Å². The zero-order valence-corrected chi connectivity index (χ0v) is 7.13. The fraction of sp³-hybridized carbons (Fsp3) is 0.714. The van der Waals surface area contributed by atoms with Gasteiger partial charge in [0.2, 0.25) is 6.41 Å². The number of hydrogen-bond acceptors (Lipinski definition) is 3. The van der Waals surface area contributed by atoms with Crippen molar-refractivity contribution in [2.45, 2.75) is 25.8 Å². The molecular weight excluding hydrogens is 184 g/mol. The molecule has 6 heteroatoms. The Hall–Kier alpha value is -1.20. The molecule has 0 rings (SSSR count). The number of esters is 1. The summed E-state index contributed by atoms with van der Waals surface area (Å²) in [7, 11) is 0. The van der Waals surface area contributed by atoms with Gasteiger partial charge in [-0.3, -0.25) is 9.59 Å². The van der Waals surface area contributed by atoms with Crippen molar-refractivity contribution in [3.63, 3.8) is 0 Å². The van der Waals surface area contributed by atoms with Gasteiger partial charge in [-0.15, -0.1) is 0 Å². The molecule has 0 fully saturated rings. The second-order valence-electron chi connectivity index (χ2n) is 2.46. The molecule has 0 aromatic rings. The zero-order valence-electron chi connectivity index (χ0n) is 7.13. The number of nitrogens with one attached hydrogen (secondary N) is 1. The third-order valence-electron chi connectivity index (χ3n) is 1.20. The van der Waals surface area contributed by atoms with Crippen molar-refractivity contribution in [1.82, 2.24) is 5.32 Å². The van der Waals surface area contributed by atoms with Crippen LogP contribution >= 0.6 is 0 Å². The van der Waals surface area contributed by atoms with Crippen LogP contribution in [0.15, 0.2) is 0 Å². The number of halogens is 2. The average molecular weight is 195 g/mol. The van der Waals surface area contributed by atoms with E-state index in [-0.39, 0.29) is 6.42 Å². The summed E-state index contributed by atoms with van der Waals surface area (Å²) < 4.78 is 27.2. The second kappa shape index (κ2) is 6.33. The molecule has 1 atom stereocenters. The minimum atomic E-state index is -2.65. The maximum atomic E-state index is 11.5. The van der Waals surface area contributed by atoms with E-state index in [0.717, 1.165) is 0 Å². The maximum absolute atomic E-state index is 11.5. The van der Waals surface area contributed by atoms with Gasteiger partial charge in [0.1, 0.15) is 0 Å². The first-order chi connectivity index (χ1) is 6.06. The van der Waals surface area contributed by atoms with E-state index in [2.05, 4.69) is 10.1 Å². The van der Waals surface area contributed by atoms with Crippen molar-refractivity contribution in [3.05, 3.63) is 0 Å². The summed E-state index contributed by atoms with van der Waals surface area (Å²) in [4.78, 5) is 20.6. The summed E-state index contributed by atoms with van der Waals surface area (Å²) in [6.45, 7) is 0.671. The Balaban J connectivity index is 3.55. The van der Waals surface area contributed by atoms with Gasteiger partial charge in [-0.1, -0.05) is 0 Å². The van der Waals surface area contributed by atoms with Gasteiger partial charge in [0.25, 0.3) is 6.43 Å². The summed E-state index contributed by atoms with van der Waals surface area (Å²) in [5.41, 5.74) is 0. The molecule has 1 N–H and O–H groups in total. The van der Waals surface area contributed by atoms with Gasteiger partial charge in [-0.25, -0.2) is 8.78 Å². The predicted molar refractivity (Wildman–Crippen MR) is 40.2 cm³/mol. The van der Waals surface area contributed by atoms with Crippen molar-refractivity contribution in [1.29, 1.82) is 0 Å². The highest BCUT2D eigenvalue weighted by molar-refractivity contribution is 5.70. The van der Waals surface area contributed by atoms with Crippen LogP contribution < -0.4 is 5.32 Å². The van der Waals surface area contributed by atoms with Crippen LogP contribution in [0, 0.1) is 0 Å². The summed E-state index contributed by atoms with van der Waals surface area (Å²) >= 11 is 0. The van der Waals surface area contributed by atoms with E-state index in [4.69, 9.17) is 0 Å². The summed E-state index contributed by atoms with van der Waals surface area (Å²) in [5.74, 6) is -0.748. The Morgan fingerprint density at radius 1 is 1.62 bits per heavy atom. The lowest BCUT2D eigenvalue weighted by molar-refractivity contribution is -0.148. The Kier molecular flexibility index (Phi) is 5.75. The highest BCUT2D eigenvalue weighted by Crippen LogP contribution is 1.97. The topological polar surface area (TPSA) is 55.4 Å². The Bertz CT molecular complexity index is 175. The lowest BCUT2D eigenvalue weighted by Crippen LogP contribution is -2.28. The first kappa shape index (κ1) is 11.8. The van der Waals surface area contributed by atoms with Crippen LogP contribution in [0.5, 0.6) is 0 Å². The SMILES string of the molecule is CC(CC(=O)OCC(F)F)NC=O. The van der Waals surface area contributed by atoms with Crippen LogP contribution in [0.1, 0.15) is 13.3 Å². The molecule has 0 aliphatic heterocycles. The molecule has 0 aromatic carbocycles. The summed E-state index contributed by atoms with van der Waals surface area (Å²) in [5, 5.41) is 2.30. The van der Waals surface area contributed by atoms with Gasteiger partial charge < -0.3 is 10.1 Å². The minimum Gasteiger partial charge on any atom is -0.460 e. The maximum Gasteiger partial charge on any atom is 0.308 e. The largest absolute Gasteiger partial charge is 0.460 e. The Labute approximate surface area is 74.2 Å². The Morgan fingerprint density at radius 3 is 2.69 bits per heavy atom. The average Bonchev–Trinajstić information content (AvgIpc) is 2.01. The summed E-state index contributed by atoms with van der Waals surface area (Å²) in [6.07, 6.45) is -2.32. The molecule has 1 unspecified atom stereocenters. The fourth-order valence-corrected chi connectivity index (χ4v) is 0.640. The lowest BCUT2D eigenvalue weighted by Gasteiger charge is -2.09. The number of rotatable bonds is 6. The minimum absolute atomic E-state index is 0.106. The molecule has 0 aliphatic rings. The van der Waals surface area contributed by atoms with E-state index in [1.54, 1.807) is 6.92 Å². The van der Waals surface area contributed by atoms with Crippen molar-refractivity contribution in [3.8, 4) is 0 Å². The van der Waals surface area contributed by atoms with E-state index >= 15 is 0 Å². The molecule has 0 heterocycles. The van der Waals surface area contributed by atoms with Gasteiger partial charge in [0.15, 0.2) is 6.61 Å². The molecule has 4 nitrogen and oxygen atoms in total. The third kappa shape index (κ3) is 7.17. The summed E-state index contributed by atoms with van der Waals surface area (Å²) in [6, 6.07) is -0.400. The van der Waals surface area contributed by atoms with E-state index in [9.17, 15) is 18.4 Å². The standard InChI is InChI=1S/C7H11F2NO3/c1-5(10-4-11)2-7(12)13-3-6(8)9/h4-6H,2-3H2,1H3,(H,10,11). The van der Waals surface area contributed by atoms with E-state index in [1.165, 1.54) is 0 Å². The lowest BCUT2D eigenvalue weighted by atomic mass is 10.2. The van der Waals surface area contributed by atoms with E-state index in [1.807, 2.05) is 0 Å². The number of ether oxygens (including phenoxy) is 1. The highest BCUT2D eigenvalue weighted by Gasteiger charge is 2.11. The second-order valence-corrected chi connectivity index (χ2v) is 2.46. The number of carbonyl (C=O) groups excluding carboxylic acids is 2. The zero-order chi connectivity index (χ0) is 10.3. The van der Waals surface area contributed by atoms with Crippen molar-refractivity contribution < 1.29 is 23.1 Å². The predicted octanol–water partition coefficient (Wildman–Crippen LogP) is 0.319. The fourth-order valence-electron chi connectivity index (χ4n) is 0.640. The molecule has 76 valence electrons. The first-order valence-electron chi connectivity index (χ1n) is 3.69. The molecule has 0 bridgehead atoms. The molecule has 0 saturated carbocycles. The Morgan fingerprint density at radius 2 is 2.23 bits per heavy atom. The molecule has 0 spiro atoms. The molecular formula is C7H11F2NO3. The van der Waals surface area contributed by atoms with Gasteiger partial charge in [-0.05, 0) is 6.92 Å². The number of hydrogen-bond donors (Lipinski definition) is 1. The first-order valence-corrected chi connectivity index (χ1v) is 3.69. The molecule has 0 saturated heterocycles. The third-order valence-corrected chi connectivity index (χ3v) is 1.20. The van der Waals surface area contributed by atoms with Crippen LogP contribution in [0.25, 0.3) is 0 Å². The van der Waals surface area contributed by atoms with E-state index in [0.29, 0.717) is 6.41 Å². The quantitative estimate of drug-likeness (QED) is 0.490. The van der Waals surface area contributed by atoms with E-state index < -0.39 is 25.0 Å². The van der Waals surface area contributed by atoms with Crippen LogP contribution in [-0.2, 0) is 14.3 Å². The molecule has 13 heavy (non-hydrogen) atoms. The number of alkyl halides is 2. The van der Waals surface area contributed by atoms with Gasteiger partial charge in [-0.2, -0.15) is 0 Å². The molecule has 0 radical (unpaired) electrons. The number of carbonyl (C=O) groups is 2. The number of amides is 1. The van der Waals surface area contributed by atoms with Crippen LogP contribution in [0.2, 0.25) is 0 Å². The highest BCUT2D eigenvalue weighted by atomic mass is 19.3. The normalized spacial score (nSPS) is 12.3. The monoisotopic (exact) mass is 195 g/mol. The molecule has 0 aliphatic carbocycles. The molecule has 0 aromatic heterocycles. The van der Waals surface area contributed by atoms with Gasteiger partial charge in [0, 0.05) is 6.04 Å². The van der Waals surface area contributed by atoms with Crippen molar-refractivity contribution in [2.75, 3.05) is 6.61 Å². The van der Waals surface area contributed by atoms with Crippen molar-refractivity contribution >= 4 is 12.4 Å². The van der Waals surface area contributed by atoms with Crippen molar-refractivity contribution in [2.24, 2.45) is 0 Å². The van der Waals surface area contributed by atoms with Gasteiger partial charge in [0.05, 0.1) is 6.42 Å². The van der Waals surface area contributed by atoms with Gasteiger partial charge >= 0.3 is 5.97 Å². The van der Waals surface area contributed by atoms with Crippen LogP contribution in [0.3, 0.4) is 0 Å².